The van der Waals surface area contributed by atoms with Gasteiger partial charge in [0.05, 0.1) is 46.3 Å². The van der Waals surface area contributed by atoms with Gasteiger partial charge in [0.15, 0.2) is 5.82 Å². The second-order valence-corrected chi connectivity index (χ2v) is 13.5. The van der Waals surface area contributed by atoms with Crippen LogP contribution in [0.4, 0.5) is 11.4 Å². The van der Waals surface area contributed by atoms with Crippen molar-refractivity contribution < 1.29 is 19.2 Å². The van der Waals surface area contributed by atoms with E-state index in [1.165, 1.54) is 9.80 Å². The molecule has 2 aliphatic heterocycles. The second kappa shape index (κ2) is 9.16. The van der Waals surface area contributed by atoms with Gasteiger partial charge in [-0.05, 0) is 79.0 Å². The number of imide groups is 2. The number of hydrogen-bond donors (Lipinski definition) is 0. The highest BCUT2D eigenvalue weighted by atomic mass is 16.2. The lowest BCUT2D eigenvalue weighted by molar-refractivity contribution is -0.124. The summed E-state index contributed by atoms with van der Waals surface area (Å²) in [5.41, 5.74) is 4.26. The Labute approximate surface area is 264 Å². The van der Waals surface area contributed by atoms with Gasteiger partial charge in [-0.2, -0.15) is 0 Å². The van der Waals surface area contributed by atoms with E-state index in [0.717, 1.165) is 40.6 Å². The Balaban J connectivity index is 0.968. The van der Waals surface area contributed by atoms with Gasteiger partial charge in [0.25, 0.3) is 0 Å². The van der Waals surface area contributed by atoms with Crippen LogP contribution in [0, 0.1) is 47.3 Å². The molecule has 3 aromatic carbocycles. The predicted molar refractivity (Wildman–Crippen MR) is 171 cm³/mol. The maximum absolute atomic E-state index is 13.4. The highest BCUT2D eigenvalue weighted by Crippen LogP contribution is 2.54. The third-order valence-electron chi connectivity index (χ3n) is 11.3. The number of nitrogens with zero attached hydrogens (tertiary/aromatic N) is 4. The summed E-state index contributed by atoms with van der Waals surface area (Å²) in [6.07, 6.45) is 10.2. The monoisotopic (exact) mass is 604 g/mol. The minimum absolute atomic E-state index is 0.0950. The normalized spacial score (nSPS) is 31.7. The van der Waals surface area contributed by atoms with Crippen LogP contribution in [0.3, 0.4) is 0 Å². The molecule has 6 aliphatic rings. The minimum atomic E-state index is -0.242. The van der Waals surface area contributed by atoms with E-state index in [1.807, 2.05) is 60.7 Å². The third kappa shape index (κ3) is 3.39. The lowest BCUT2D eigenvalue weighted by Gasteiger charge is -2.18. The van der Waals surface area contributed by atoms with Crippen LogP contribution in [-0.2, 0) is 19.2 Å². The quantitative estimate of drug-likeness (QED) is 0.223. The van der Waals surface area contributed by atoms with Crippen LogP contribution < -0.4 is 9.80 Å². The van der Waals surface area contributed by atoms with Crippen molar-refractivity contribution in [3.8, 4) is 22.6 Å². The molecule has 4 amide bonds. The zero-order chi connectivity index (χ0) is 30.8. The molecule has 3 heterocycles. The van der Waals surface area contributed by atoms with Crippen LogP contribution >= 0.6 is 0 Å². The van der Waals surface area contributed by atoms with Crippen LogP contribution in [0.5, 0.6) is 0 Å². The molecule has 224 valence electrons. The molecule has 1 aromatic heterocycles. The van der Waals surface area contributed by atoms with Crippen molar-refractivity contribution in [1.82, 2.24) is 9.97 Å². The van der Waals surface area contributed by atoms with Crippen LogP contribution in [0.25, 0.3) is 33.5 Å². The van der Waals surface area contributed by atoms with E-state index in [1.54, 1.807) is 12.1 Å². The molecule has 4 fully saturated rings. The number of carbonyl (C=O) groups excluding carboxylic acids is 4. The van der Waals surface area contributed by atoms with Crippen LogP contribution in [0.15, 0.2) is 97.1 Å². The molecule has 46 heavy (non-hydrogen) atoms. The van der Waals surface area contributed by atoms with Crippen molar-refractivity contribution in [3.05, 3.63) is 97.1 Å². The number of anilines is 2. The Kier molecular flexibility index (Phi) is 5.18. The number of rotatable bonds is 4. The molecule has 8 heteroatoms. The average molecular weight is 605 g/mol. The summed E-state index contributed by atoms with van der Waals surface area (Å²) in [5.74, 6) is -0.178. The third-order valence-corrected chi connectivity index (χ3v) is 11.3. The van der Waals surface area contributed by atoms with Crippen LogP contribution in [0.1, 0.15) is 12.8 Å². The van der Waals surface area contributed by atoms with Gasteiger partial charge in [-0.15, -0.1) is 0 Å². The molecule has 2 saturated heterocycles. The number of para-hydroxylation sites is 1. The Bertz CT molecular complexity index is 2040. The highest BCUT2D eigenvalue weighted by molar-refractivity contribution is 6.23. The van der Waals surface area contributed by atoms with Crippen LogP contribution in [0.2, 0.25) is 0 Å². The number of aromatic nitrogens is 2. The summed E-state index contributed by atoms with van der Waals surface area (Å²) in [4.78, 5) is 65.9. The van der Waals surface area contributed by atoms with E-state index in [9.17, 15) is 19.2 Å². The van der Waals surface area contributed by atoms with Crippen molar-refractivity contribution in [3.63, 3.8) is 0 Å². The molecule has 4 bridgehead atoms. The molecule has 0 radical (unpaired) electrons. The summed E-state index contributed by atoms with van der Waals surface area (Å²) >= 11 is 0. The Morgan fingerprint density at radius 2 is 0.935 bits per heavy atom. The molecule has 0 N–H and O–H groups in total. The van der Waals surface area contributed by atoms with Crippen LogP contribution in [-0.4, -0.2) is 33.6 Å². The number of carbonyl (C=O) groups is 4. The maximum Gasteiger partial charge on any atom is 0.238 e. The largest absolute Gasteiger partial charge is 0.274 e. The first-order valence-electron chi connectivity index (χ1n) is 16.1. The number of hydrogen-bond acceptors (Lipinski definition) is 6. The maximum atomic E-state index is 13.4. The molecule has 0 spiro atoms. The fourth-order valence-corrected chi connectivity index (χ4v) is 9.27. The van der Waals surface area contributed by atoms with E-state index in [-0.39, 0.29) is 71.0 Å². The van der Waals surface area contributed by atoms with Gasteiger partial charge < -0.3 is 0 Å². The highest BCUT2D eigenvalue weighted by Gasteiger charge is 2.60. The Hall–Kier alpha value is -5.24. The lowest BCUT2D eigenvalue weighted by atomic mass is 9.85. The van der Waals surface area contributed by atoms with Gasteiger partial charge >= 0.3 is 0 Å². The molecule has 8 atom stereocenters. The van der Waals surface area contributed by atoms with E-state index in [2.05, 4.69) is 24.3 Å². The molecule has 10 rings (SSSR count). The topological polar surface area (TPSA) is 101 Å². The Morgan fingerprint density at radius 1 is 0.500 bits per heavy atom. The number of fused-ring (bicyclic) bond motifs is 11. The van der Waals surface area contributed by atoms with Gasteiger partial charge in [0, 0.05) is 16.5 Å². The van der Waals surface area contributed by atoms with E-state index < -0.39 is 0 Å². The summed E-state index contributed by atoms with van der Waals surface area (Å²) < 4.78 is 0. The lowest BCUT2D eigenvalue weighted by Crippen LogP contribution is -2.32. The summed E-state index contributed by atoms with van der Waals surface area (Å²) in [5, 5.41) is 0.879. The SMILES string of the molecule is O=C1[C@@H]2[C@H](C(=O)N1c1ccc(-c3nc(-c4ccc(N5C(=O)[C@H]6[C@H](C5=O)[C@H]5C=C[C@H]6C5)cc4)nc4ccccc34)cc1)[C@H]1C=C[C@H]2C1. The first-order chi connectivity index (χ1) is 22.5. The fourth-order valence-electron chi connectivity index (χ4n) is 9.27. The number of benzene rings is 3. The van der Waals surface area contributed by atoms with E-state index in [0.29, 0.717) is 17.2 Å². The molecule has 4 aliphatic carbocycles. The van der Waals surface area contributed by atoms with Gasteiger partial charge in [-0.25, -0.2) is 9.97 Å². The summed E-state index contributed by atoms with van der Waals surface area (Å²) in [7, 11) is 0. The summed E-state index contributed by atoms with van der Waals surface area (Å²) in [6.45, 7) is 0. The van der Waals surface area contributed by atoms with Gasteiger partial charge in [0.1, 0.15) is 0 Å². The first kappa shape index (κ1) is 26.0. The van der Waals surface area contributed by atoms with Gasteiger partial charge in [-0.1, -0.05) is 54.6 Å². The molecular formula is C38H28N4O4. The van der Waals surface area contributed by atoms with Crippen molar-refractivity contribution in [2.24, 2.45) is 47.3 Å². The molecule has 0 unspecified atom stereocenters. The number of amides is 4. The van der Waals surface area contributed by atoms with Crippen molar-refractivity contribution in [2.45, 2.75) is 12.8 Å². The summed E-state index contributed by atoms with van der Waals surface area (Å²) in [6, 6.07) is 22.6. The van der Waals surface area contributed by atoms with Gasteiger partial charge in [0.2, 0.25) is 23.6 Å². The predicted octanol–water partition coefficient (Wildman–Crippen LogP) is 5.59. The van der Waals surface area contributed by atoms with Gasteiger partial charge in [-0.3, -0.25) is 29.0 Å². The van der Waals surface area contributed by atoms with E-state index in [4.69, 9.17) is 9.97 Å². The molecule has 2 saturated carbocycles. The van der Waals surface area contributed by atoms with Crippen molar-refractivity contribution in [2.75, 3.05) is 9.80 Å². The molecule has 4 aromatic rings. The van der Waals surface area contributed by atoms with Crippen molar-refractivity contribution in [1.29, 1.82) is 0 Å². The molecular weight excluding hydrogens is 576 g/mol. The standard InChI is InChI=1S/C38H28N4O4/c43-35-29-21-5-6-22(17-21)30(29)36(44)41(35)25-13-9-19(10-14-25)33-27-3-1-2-4-28(27)39-34(40-33)20-11-15-26(16-12-20)42-37(45)31-23-7-8-24(18-23)32(31)38(42)46/h1-16,21-24,29-32H,17-18H2/t21-,22-,23-,24-,29-,30+,31+,32+/m0/s1. The first-order valence-corrected chi connectivity index (χ1v) is 16.1. The smallest absolute Gasteiger partial charge is 0.238 e. The minimum Gasteiger partial charge on any atom is -0.274 e. The zero-order valence-corrected chi connectivity index (χ0v) is 24.7. The van der Waals surface area contributed by atoms with Crippen molar-refractivity contribution >= 4 is 45.9 Å². The Morgan fingerprint density at radius 3 is 1.41 bits per heavy atom. The second-order valence-electron chi connectivity index (χ2n) is 13.5. The average Bonchev–Trinajstić information content (AvgIpc) is 3.94. The van der Waals surface area contributed by atoms with E-state index >= 15 is 0 Å². The fraction of sp³-hybridized carbons (Fsp3) is 0.263. The number of allylic oxidation sites excluding steroid dienone is 4. The molecule has 8 nitrogen and oxygen atoms in total. The zero-order valence-electron chi connectivity index (χ0n) is 24.7.